The highest BCUT2D eigenvalue weighted by molar-refractivity contribution is 7.80. The molecule has 0 atom stereocenters. The van der Waals surface area contributed by atoms with Crippen molar-refractivity contribution in [2.75, 3.05) is 13.1 Å². The van der Waals surface area contributed by atoms with Crippen LogP contribution in [0.4, 0.5) is 4.79 Å². The van der Waals surface area contributed by atoms with Gasteiger partial charge in [0.2, 0.25) is 5.16 Å². The number of hydrogen-bond donors (Lipinski definition) is 1. The summed E-state index contributed by atoms with van der Waals surface area (Å²) < 4.78 is 6.70. The highest BCUT2D eigenvalue weighted by atomic mass is 32.1. The lowest BCUT2D eigenvalue weighted by Crippen LogP contribution is -2.31. The Morgan fingerprint density at radius 2 is 2.25 bits per heavy atom. The molecule has 0 unspecified atom stereocenters. The molecule has 16 heavy (non-hydrogen) atoms. The van der Waals surface area contributed by atoms with E-state index in [0.29, 0.717) is 24.8 Å². The Morgan fingerprint density at radius 1 is 1.50 bits per heavy atom. The molecule has 0 aromatic carbocycles. The average molecular weight is 243 g/mol. The second kappa shape index (κ2) is 3.93. The molecule has 7 nitrogen and oxygen atoms in total. The van der Waals surface area contributed by atoms with E-state index in [4.69, 9.17) is 4.74 Å². The van der Waals surface area contributed by atoms with E-state index in [9.17, 15) is 4.79 Å². The van der Waals surface area contributed by atoms with Gasteiger partial charge in [-0.1, -0.05) is 0 Å². The van der Waals surface area contributed by atoms with Gasteiger partial charge in [0, 0.05) is 6.54 Å². The summed E-state index contributed by atoms with van der Waals surface area (Å²) in [5, 5.41) is 11.3. The van der Waals surface area contributed by atoms with Gasteiger partial charge in [-0.15, -0.1) is 17.7 Å². The fraction of sp³-hybridized carbons (Fsp3) is 0.750. The lowest BCUT2D eigenvalue weighted by atomic mass is 10.1. The number of tetrazole rings is 1. The van der Waals surface area contributed by atoms with Gasteiger partial charge >= 0.3 is 6.09 Å². The third kappa shape index (κ3) is 2.26. The van der Waals surface area contributed by atoms with Crippen LogP contribution in [0.15, 0.2) is 5.16 Å². The molecule has 2 heterocycles. The van der Waals surface area contributed by atoms with E-state index in [1.165, 1.54) is 4.68 Å². The Labute approximate surface area is 98.2 Å². The third-order valence-electron chi connectivity index (χ3n) is 2.29. The number of cyclic esters (lactones) is 1. The minimum Gasteiger partial charge on any atom is -0.441 e. The molecule has 1 fully saturated rings. The van der Waals surface area contributed by atoms with Gasteiger partial charge in [0.05, 0.1) is 13.1 Å². The Morgan fingerprint density at radius 3 is 2.75 bits per heavy atom. The van der Waals surface area contributed by atoms with Crippen LogP contribution >= 0.6 is 12.6 Å². The molecule has 0 radical (unpaired) electrons. The van der Waals surface area contributed by atoms with E-state index in [0.717, 1.165) is 0 Å². The number of amides is 1. The second-order valence-electron chi connectivity index (χ2n) is 4.25. The van der Waals surface area contributed by atoms with Crippen molar-refractivity contribution in [1.29, 1.82) is 0 Å². The predicted molar refractivity (Wildman–Crippen MR) is 57.2 cm³/mol. The molecule has 0 N–H and O–H groups in total. The quantitative estimate of drug-likeness (QED) is 0.767. The Hall–Kier alpha value is -1.31. The Kier molecular flexibility index (Phi) is 2.75. The molecule has 0 spiro atoms. The van der Waals surface area contributed by atoms with Crippen molar-refractivity contribution in [2.45, 2.75) is 31.1 Å². The molecule has 1 saturated heterocycles. The van der Waals surface area contributed by atoms with Crippen LogP contribution in [0.5, 0.6) is 0 Å². The van der Waals surface area contributed by atoms with Gasteiger partial charge in [-0.2, -0.15) is 0 Å². The van der Waals surface area contributed by atoms with E-state index in [1.807, 2.05) is 13.8 Å². The maximum atomic E-state index is 11.5. The number of nitrogens with zero attached hydrogens (tertiary/aromatic N) is 5. The van der Waals surface area contributed by atoms with Crippen LogP contribution < -0.4 is 0 Å². The van der Waals surface area contributed by atoms with Crippen LogP contribution in [0, 0.1) is 0 Å². The minimum absolute atomic E-state index is 0.293. The normalized spacial score (nSPS) is 18.9. The minimum atomic E-state index is -0.415. The predicted octanol–water partition coefficient (Wildman–Crippen LogP) is 0.193. The molecule has 0 saturated carbocycles. The van der Waals surface area contributed by atoms with Crippen molar-refractivity contribution in [3.63, 3.8) is 0 Å². The van der Waals surface area contributed by atoms with Crippen molar-refractivity contribution in [3.05, 3.63) is 0 Å². The van der Waals surface area contributed by atoms with Crippen molar-refractivity contribution in [3.8, 4) is 0 Å². The molecular formula is C8H13N5O2S. The first-order valence-electron chi connectivity index (χ1n) is 4.91. The maximum absolute atomic E-state index is 11.5. The summed E-state index contributed by atoms with van der Waals surface area (Å²) in [6.45, 7) is 5.37. The van der Waals surface area contributed by atoms with Crippen LogP contribution in [-0.2, 0) is 11.3 Å². The van der Waals surface area contributed by atoms with Crippen LogP contribution in [0.3, 0.4) is 0 Å². The molecule has 88 valence electrons. The van der Waals surface area contributed by atoms with Gasteiger partial charge in [0.1, 0.15) is 5.60 Å². The largest absolute Gasteiger partial charge is 0.441 e. The number of carbonyl (C=O) groups excluding carboxylic acids is 1. The van der Waals surface area contributed by atoms with Crippen molar-refractivity contribution < 1.29 is 9.53 Å². The SMILES string of the molecule is CC1(C)CN(CCn2nnnc2S)C(=O)O1. The van der Waals surface area contributed by atoms with Gasteiger partial charge in [-0.05, 0) is 24.3 Å². The van der Waals surface area contributed by atoms with Crippen LogP contribution in [0.2, 0.25) is 0 Å². The molecule has 1 aliphatic heterocycles. The van der Waals surface area contributed by atoms with E-state index in [-0.39, 0.29) is 6.09 Å². The summed E-state index contributed by atoms with van der Waals surface area (Å²) in [6, 6.07) is 0. The fourth-order valence-electron chi connectivity index (χ4n) is 1.59. The summed E-state index contributed by atoms with van der Waals surface area (Å²) in [6.07, 6.45) is -0.293. The van der Waals surface area contributed by atoms with E-state index in [1.54, 1.807) is 4.90 Å². The highest BCUT2D eigenvalue weighted by Gasteiger charge is 2.37. The number of aromatic nitrogens is 4. The van der Waals surface area contributed by atoms with Crippen LogP contribution in [0.25, 0.3) is 0 Å². The standard InChI is InChI=1S/C8H13N5O2S/c1-8(2)5-12(7(14)15-8)3-4-13-6(16)9-10-11-13/h3-5H2,1-2H3,(H,9,11,16). The number of hydrogen-bond acceptors (Lipinski definition) is 6. The zero-order valence-electron chi connectivity index (χ0n) is 9.12. The van der Waals surface area contributed by atoms with E-state index < -0.39 is 5.60 Å². The molecule has 1 amide bonds. The first kappa shape index (κ1) is 11.2. The van der Waals surface area contributed by atoms with Gasteiger partial charge in [0.15, 0.2) is 0 Å². The van der Waals surface area contributed by atoms with Crippen molar-refractivity contribution in [2.24, 2.45) is 0 Å². The molecule has 1 aromatic rings. The molecular weight excluding hydrogens is 230 g/mol. The number of carbonyl (C=O) groups is 1. The Bertz CT molecular complexity index is 405. The summed E-state index contributed by atoms with van der Waals surface area (Å²) >= 11 is 4.07. The maximum Gasteiger partial charge on any atom is 0.410 e. The summed E-state index contributed by atoms with van der Waals surface area (Å²) in [4.78, 5) is 13.1. The smallest absolute Gasteiger partial charge is 0.410 e. The number of ether oxygens (including phenoxy) is 1. The molecule has 1 aliphatic rings. The van der Waals surface area contributed by atoms with Crippen molar-refractivity contribution in [1.82, 2.24) is 25.1 Å². The third-order valence-corrected chi connectivity index (χ3v) is 2.61. The second-order valence-corrected chi connectivity index (χ2v) is 4.65. The lowest BCUT2D eigenvalue weighted by molar-refractivity contribution is 0.0858. The summed E-state index contributed by atoms with van der Waals surface area (Å²) in [7, 11) is 0. The van der Waals surface area contributed by atoms with Gasteiger partial charge in [0.25, 0.3) is 0 Å². The first-order valence-corrected chi connectivity index (χ1v) is 5.36. The van der Waals surface area contributed by atoms with Gasteiger partial charge < -0.3 is 9.64 Å². The average Bonchev–Trinajstić information content (AvgIpc) is 2.67. The highest BCUT2D eigenvalue weighted by Crippen LogP contribution is 2.21. The van der Waals surface area contributed by atoms with E-state index >= 15 is 0 Å². The molecule has 0 bridgehead atoms. The summed E-state index contributed by atoms with van der Waals surface area (Å²) in [5.74, 6) is 0. The van der Waals surface area contributed by atoms with Crippen molar-refractivity contribution >= 4 is 18.7 Å². The fourth-order valence-corrected chi connectivity index (χ4v) is 1.77. The van der Waals surface area contributed by atoms with Crippen LogP contribution in [0.1, 0.15) is 13.8 Å². The van der Waals surface area contributed by atoms with E-state index in [2.05, 4.69) is 28.2 Å². The lowest BCUT2D eigenvalue weighted by Gasteiger charge is -2.15. The first-order chi connectivity index (χ1) is 7.48. The van der Waals surface area contributed by atoms with Crippen LogP contribution in [-0.4, -0.2) is 49.9 Å². The topological polar surface area (TPSA) is 73.1 Å². The Balaban J connectivity index is 1.92. The molecule has 0 aliphatic carbocycles. The monoisotopic (exact) mass is 243 g/mol. The number of rotatable bonds is 3. The zero-order chi connectivity index (χ0) is 11.8. The molecule has 2 rings (SSSR count). The van der Waals surface area contributed by atoms with Gasteiger partial charge in [-0.3, -0.25) is 0 Å². The van der Waals surface area contributed by atoms with Gasteiger partial charge in [-0.25, -0.2) is 9.48 Å². The molecule has 8 heteroatoms. The molecule has 1 aromatic heterocycles. The zero-order valence-corrected chi connectivity index (χ0v) is 10.0. The number of thiol groups is 1. The summed E-state index contributed by atoms with van der Waals surface area (Å²) in [5.41, 5.74) is -0.415.